The molecule has 0 spiro atoms. The maximum absolute atomic E-state index is 11.9. The third-order valence-corrected chi connectivity index (χ3v) is 3.62. The summed E-state index contributed by atoms with van der Waals surface area (Å²) in [6, 6.07) is 7.22. The number of rotatable bonds is 5. The standard InChI is InChI=1S/C16H20N4O3/c21-16(19-12-14-4-2-8-23-14)18-11-13-3-1-5-17-15(13)20-6-9-22-10-7-20/h1-5,8H,6-7,9-12H2,(H2,18,19,21). The molecule has 2 N–H and O–H groups in total. The van der Waals surface area contributed by atoms with Crippen molar-refractivity contribution in [2.24, 2.45) is 0 Å². The van der Waals surface area contributed by atoms with Crippen LogP contribution in [0.25, 0.3) is 0 Å². The van der Waals surface area contributed by atoms with Crippen molar-refractivity contribution in [1.82, 2.24) is 15.6 Å². The molecule has 122 valence electrons. The van der Waals surface area contributed by atoms with Crippen LogP contribution in [-0.2, 0) is 17.8 Å². The zero-order chi connectivity index (χ0) is 15.9. The molecular formula is C16H20N4O3. The summed E-state index contributed by atoms with van der Waals surface area (Å²) >= 11 is 0. The molecule has 2 aromatic heterocycles. The van der Waals surface area contributed by atoms with Crippen LogP contribution in [0.4, 0.5) is 10.6 Å². The molecule has 1 aliphatic heterocycles. The summed E-state index contributed by atoms with van der Waals surface area (Å²) in [7, 11) is 0. The molecule has 3 heterocycles. The highest BCUT2D eigenvalue weighted by Crippen LogP contribution is 2.18. The molecule has 1 saturated heterocycles. The van der Waals surface area contributed by atoms with Gasteiger partial charge in [-0.3, -0.25) is 0 Å². The van der Waals surface area contributed by atoms with Gasteiger partial charge in [0.2, 0.25) is 0 Å². The maximum Gasteiger partial charge on any atom is 0.315 e. The molecule has 7 heteroatoms. The molecule has 7 nitrogen and oxygen atoms in total. The first-order valence-corrected chi connectivity index (χ1v) is 7.63. The van der Waals surface area contributed by atoms with Crippen molar-refractivity contribution in [3.8, 4) is 0 Å². The lowest BCUT2D eigenvalue weighted by Crippen LogP contribution is -2.38. The van der Waals surface area contributed by atoms with Gasteiger partial charge in [0.15, 0.2) is 0 Å². The second kappa shape index (κ2) is 7.64. The number of carbonyl (C=O) groups is 1. The summed E-state index contributed by atoms with van der Waals surface area (Å²) in [4.78, 5) is 18.5. The molecule has 0 aliphatic carbocycles. The number of ether oxygens (including phenoxy) is 1. The Bertz CT molecular complexity index is 624. The third-order valence-electron chi connectivity index (χ3n) is 3.62. The number of furan rings is 1. The van der Waals surface area contributed by atoms with Gasteiger partial charge in [-0.05, 0) is 18.2 Å². The molecule has 23 heavy (non-hydrogen) atoms. The van der Waals surface area contributed by atoms with Gasteiger partial charge < -0.3 is 24.7 Å². The molecule has 1 aliphatic rings. The van der Waals surface area contributed by atoms with Gasteiger partial charge in [-0.1, -0.05) is 6.07 Å². The number of urea groups is 1. The Morgan fingerprint density at radius 3 is 2.78 bits per heavy atom. The third kappa shape index (κ3) is 4.23. The van der Waals surface area contributed by atoms with E-state index in [0.717, 1.165) is 30.2 Å². The van der Waals surface area contributed by atoms with Crippen LogP contribution in [0.15, 0.2) is 41.1 Å². The van der Waals surface area contributed by atoms with Crippen molar-refractivity contribution in [2.45, 2.75) is 13.1 Å². The van der Waals surface area contributed by atoms with Gasteiger partial charge in [-0.2, -0.15) is 0 Å². The first-order valence-electron chi connectivity index (χ1n) is 7.63. The molecule has 0 bridgehead atoms. The van der Waals surface area contributed by atoms with Crippen LogP contribution < -0.4 is 15.5 Å². The minimum atomic E-state index is -0.238. The van der Waals surface area contributed by atoms with E-state index in [0.29, 0.717) is 26.3 Å². The van der Waals surface area contributed by atoms with E-state index in [1.54, 1.807) is 18.5 Å². The molecule has 0 radical (unpaired) electrons. The molecule has 0 aromatic carbocycles. The van der Waals surface area contributed by atoms with Crippen LogP contribution >= 0.6 is 0 Å². The molecule has 0 saturated carbocycles. The fourth-order valence-corrected chi connectivity index (χ4v) is 2.45. The van der Waals surface area contributed by atoms with E-state index in [4.69, 9.17) is 9.15 Å². The number of pyridine rings is 1. The predicted molar refractivity (Wildman–Crippen MR) is 85.1 cm³/mol. The number of nitrogens with zero attached hydrogens (tertiary/aromatic N) is 2. The average Bonchev–Trinajstić information content (AvgIpc) is 3.13. The highest BCUT2D eigenvalue weighted by molar-refractivity contribution is 5.74. The second-order valence-electron chi connectivity index (χ2n) is 5.20. The number of morpholine rings is 1. The normalized spacial score (nSPS) is 14.5. The van der Waals surface area contributed by atoms with Crippen LogP contribution in [0, 0.1) is 0 Å². The Hall–Kier alpha value is -2.54. The van der Waals surface area contributed by atoms with Crippen LogP contribution in [0.3, 0.4) is 0 Å². The van der Waals surface area contributed by atoms with E-state index >= 15 is 0 Å². The molecule has 3 rings (SSSR count). The van der Waals surface area contributed by atoms with E-state index in [9.17, 15) is 4.79 Å². The van der Waals surface area contributed by atoms with Crippen LogP contribution in [0.5, 0.6) is 0 Å². The quantitative estimate of drug-likeness (QED) is 0.874. The fraction of sp³-hybridized carbons (Fsp3) is 0.375. The van der Waals surface area contributed by atoms with Gasteiger partial charge in [0.25, 0.3) is 0 Å². The summed E-state index contributed by atoms with van der Waals surface area (Å²) < 4.78 is 10.5. The first-order chi connectivity index (χ1) is 11.3. The number of aromatic nitrogens is 1. The topological polar surface area (TPSA) is 79.6 Å². The Balaban J connectivity index is 1.54. The molecular weight excluding hydrogens is 296 g/mol. The number of hydrogen-bond acceptors (Lipinski definition) is 5. The summed E-state index contributed by atoms with van der Waals surface area (Å²) in [5.74, 6) is 1.62. The number of hydrogen-bond donors (Lipinski definition) is 2. The Kier molecular flexibility index (Phi) is 5.10. The summed E-state index contributed by atoms with van der Waals surface area (Å²) in [6.07, 6.45) is 3.35. The number of amides is 2. The first kappa shape index (κ1) is 15.4. The van der Waals surface area contributed by atoms with Crippen molar-refractivity contribution in [2.75, 3.05) is 31.2 Å². The highest BCUT2D eigenvalue weighted by atomic mass is 16.5. The molecule has 0 unspecified atom stereocenters. The Morgan fingerprint density at radius 1 is 1.17 bits per heavy atom. The van der Waals surface area contributed by atoms with Crippen molar-refractivity contribution < 1.29 is 13.9 Å². The van der Waals surface area contributed by atoms with Crippen molar-refractivity contribution in [3.05, 3.63) is 48.0 Å². The average molecular weight is 316 g/mol. The van der Waals surface area contributed by atoms with E-state index < -0.39 is 0 Å². The summed E-state index contributed by atoms with van der Waals surface area (Å²) in [6.45, 7) is 3.82. The van der Waals surface area contributed by atoms with E-state index in [1.165, 1.54) is 0 Å². The zero-order valence-electron chi connectivity index (χ0n) is 12.8. The largest absolute Gasteiger partial charge is 0.467 e. The van der Waals surface area contributed by atoms with Gasteiger partial charge in [0, 0.05) is 31.4 Å². The summed E-state index contributed by atoms with van der Waals surface area (Å²) in [5, 5.41) is 5.61. The van der Waals surface area contributed by atoms with E-state index in [-0.39, 0.29) is 6.03 Å². The summed E-state index contributed by atoms with van der Waals surface area (Å²) in [5.41, 5.74) is 0.988. The van der Waals surface area contributed by atoms with Gasteiger partial charge in [0.1, 0.15) is 11.6 Å². The zero-order valence-corrected chi connectivity index (χ0v) is 12.8. The monoisotopic (exact) mass is 316 g/mol. The van der Waals surface area contributed by atoms with Crippen LogP contribution in [0.2, 0.25) is 0 Å². The molecule has 2 aromatic rings. The van der Waals surface area contributed by atoms with E-state index in [2.05, 4.69) is 20.5 Å². The van der Waals surface area contributed by atoms with Crippen molar-refractivity contribution >= 4 is 11.8 Å². The fourth-order valence-electron chi connectivity index (χ4n) is 2.45. The van der Waals surface area contributed by atoms with Crippen LogP contribution in [-0.4, -0.2) is 37.3 Å². The van der Waals surface area contributed by atoms with Gasteiger partial charge >= 0.3 is 6.03 Å². The Labute approximate surface area is 134 Å². The number of nitrogens with one attached hydrogen (secondary N) is 2. The van der Waals surface area contributed by atoms with Crippen molar-refractivity contribution in [1.29, 1.82) is 0 Å². The van der Waals surface area contributed by atoms with Crippen molar-refractivity contribution in [3.63, 3.8) is 0 Å². The highest BCUT2D eigenvalue weighted by Gasteiger charge is 2.16. The van der Waals surface area contributed by atoms with E-state index in [1.807, 2.05) is 18.2 Å². The lowest BCUT2D eigenvalue weighted by atomic mass is 10.2. The van der Waals surface area contributed by atoms with Gasteiger partial charge in [0.05, 0.1) is 26.0 Å². The lowest BCUT2D eigenvalue weighted by molar-refractivity contribution is 0.122. The second-order valence-corrected chi connectivity index (χ2v) is 5.20. The lowest BCUT2D eigenvalue weighted by Gasteiger charge is -2.29. The van der Waals surface area contributed by atoms with Gasteiger partial charge in [-0.15, -0.1) is 0 Å². The Morgan fingerprint density at radius 2 is 2.00 bits per heavy atom. The SMILES string of the molecule is O=C(NCc1ccco1)NCc1cccnc1N1CCOCC1. The number of carbonyl (C=O) groups excluding carboxylic acids is 1. The van der Waals surface area contributed by atoms with Crippen LogP contribution in [0.1, 0.15) is 11.3 Å². The minimum Gasteiger partial charge on any atom is -0.467 e. The minimum absolute atomic E-state index is 0.238. The predicted octanol–water partition coefficient (Wildman–Crippen LogP) is 1.51. The molecule has 0 atom stereocenters. The molecule has 2 amide bonds. The van der Waals surface area contributed by atoms with Gasteiger partial charge in [-0.25, -0.2) is 9.78 Å². The molecule has 1 fully saturated rings. The number of anilines is 1. The maximum atomic E-state index is 11.9. The smallest absolute Gasteiger partial charge is 0.315 e.